The summed E-state index contributed by atoms with van der Waals surface area (Å²) < 4.78 is 0. The molecule has 0 bridgehead atoms. The second-order valence-corrected chi connectivity index (χ2v) is 7.37. The van der Waals surface area contributed by atoms with Crippen molar-refractivity contribution >= 4 is 17.7 Å². The lowest BCUT2D eigenvalue weighted by Crippen LogP contribution is -2.27. The first-order valence-electron chi connectivity index (χ1n) is 10.5. The number of carbonyl (C=O) groups is 1. The molecule has 0 unspecified atom stereocenters. The van der Waals surface area contributed by atoms with Crippen molar-refractivity contribution in [2.75, 3.05) is 11.4 Å². The van der Waals surface area contributed by atoms with Crippen molar-refractivity contribution < 1.29 is 4.79 Å². The Bertz CT molecular complexity index is 1050. The molecule has 4 nitrogen and oxygen atoms in total. The van der Waals surface area contributed by atoms with Gasteiger partial charge in [-0.1, -0.05) is 72.8 Å². The second kappa shape index (κ2) is 10.8. The van der Waals surface area contributed by atoms with Crippen LogP contribution in [0.4, 0.5) is 5.69 Å². The van der Waals surface area contributed by atoms with Crippen LogP contribution in [0.2, 0.25) is 0 Å². The smallest absolute Gasteiger partial charge is 0.262 e. The summed E-state index contributed by atoms with van der Waals surface area (Å²) in [6.45, 7) is 5.74. The quantitative estimate of drug-likeness (QED) is 0.395. The van der Waals surface area contributed by atoms with E-state index in [1.807, 2.05) is 85.8 Å². The van der Waals surface area contributed by atoms with Crippen LogP contribution in [0.5, 0.6) is 0 Å². The highest BCUT2D eigenvalue weighted by molar-refractivity contribution is 6.01. The Labute approximate surface area is 184 Å². The molecule has 1 amide bonds. The fraction of sp³-hybridized carbons (Fsp3) is 0.185. The van der Waals surface area contributed by atoms with Crippen molar-refractivity contribution in [3.8, 4) is 6.07 Å². The molecule has 3 aromatic rings. The normalized spacial score (nSPS) is 12.0. The molecular formula is C27H27N3O. The van der Waals surface area contributed by atoms with Crippen LogP contribution in [0.15, 0.2) is 90.5 Å². The maximum atomic E-state index is 12.6. The van der Waals surface area contributed by atoms with E-state index in [0.717, 1.165) is 29.9 Å². The third kappa shape index (κ3) is 6.07. The second-order valence-electron chi connectivity index (χ2n) is 7.37. The van der Waals surface area contributed by atoms with Crippen LogP contribution in [0.3, 0.4) is 0 Å². The van der Waals surface area contributed by atoms with E-state index in [-0.39, 0.29) is 17.5 Å². The summed E-state index contributed by atoms with van der Waals surface area (Å²) in [5, 5.41) is 12.4. The van der Waals surface area contributed by atoms with Crippen molar-refractivity contribution in [3.63, 3.8) is 0 Å². The van der Waals surface area contributed by atoms with E-state index in [0.29, 0.717) is 0 Å². The zero-order valence-corrected chi connectivity index (χ0v) is 18.0. The Balaban J connectivity index is 1.69. The van der Waals surface area contributed by atoms with E-state index in [9.17, 15) is 10.1 Å². The molecule has 0 spiro atoms. The lowest BCUT2D eigenvalue weighted by atomic mass is 10.1. The zero-order valence-electron chi connectivity index (χ0n) is 18.0. The first-order valence-corrected chi connectivity index (χ1v) is 10.5. The van der Waals surface area contributed by atoms with Gasteiger partial charge in [-0.3, -0.25) is 4.79 Å². The zero-order chi connectivity index (χ0) is 22.1. The van der Waals surface area contributed by atoms with Gasteiger partial charge in [0.2, 0.25) is 0 Å². The maximum Gasteiger partial charge on any atom is 0.262 e. The molecule has 3 aromatic carbocycles. The van der Waals surface area contributed by atoms with Crippen LogP contribution in [0.1, 0.15) is 36.6 Å². The molecule has 0 aromatic heterocycles. The summed E-state index contributed by atoms with van der Waals surface area (Å²) in [4.78, 5) is 14.9. The fourth-order valence-electron chi connectivity index (χ4n) is 3.39. The molecule has 0 fully saturated rings. The predicted octanol–water partition coefficient (Wildman–Crippen LogP) is 5.50. The topological polar surface area (TPSA) is 56.1 Å². The van der Waals surface area contributed by atoms with Gasteiger partial charge in [-0.15, -0.1) is 0 Å². The molecular weight excluding hydrogens is 382 g/mol. The van der Waals surface area contributed by atoms with Gasteiger partial charge in [0, 0.05) is 18.8 Å². The summed E-state index contributed by atoms with van der Waals surface area (Å²) in [6, 6.07) is 29.8. The maximum absolute atomic E-state index is 12.6. The number of nitrogens with one attached hydrogen (secondary N) is 1. The minimum atomic E-state index is -0.373. The molecule has 0 aliphatic rings. The molecule has 3 rings (SSSR count). The van der Waals surface area contributed by atoms with Crippen LogP contribution in [-0.4, -0.2) is 12.5 Å². The summed E-state index contributed by atoms with van der Waals surface area (Å²) in [7, 11) is 0. The van der Waals surface area contributed by atoms with Gasteiger partial charge in [-0.05, 0) is 48.7 Å². The average molecular weight is 410 g/mol. The summed E-state index contributed by atoms with van der Waals surface area (Å²) in [6.07, 6.45) is 1.63. The van der Waals surface area contributed by atoms with Crippen molar-refractivity contribution in [2.45, 2.75) is 26.4 Å². The third-order valence-corrected chi connectivity index (χ3v) is 5.18. The fourth-order valence-corrected chi connectivity index (χ4v) is 3.39. The number of hydrogen-bond acceptors (Lipinski definition) is 3. The molecule has 1 atom stereocenters. The molecule has 4 heteroatoms. The molecule has 31 heavy (non-hydrogen) atoms. The minimum Gasteiger partial charge on any atom is -0.367 e. The number of nitrogens with zero attached hydrogens (tertiary/aromatic N) is 2. The van der Waals surface area contributed by atoms with Crippen LogP contribution in [-0.2, 0) is 11.3 Å². The molecule has 0 aliphatic heterocycles. The molecule has 156 valence electrons. The van der Waals surface area contributed by atoms with Crippen molar-refractivity contribution in [2.24, 2.45) is 0 Å². The number of amides is 1. The predicted molar refractivity (Wildman–Crippen MR) is 126 cm³/mol. The molecule has 0 radical (unpaired) electrons. The van der Waals surface area contributed by atoms with Crippen LogP contribution in [0, 0.1) is 11.3 Å². The Morgan fingerprint density at radius 3 is 2.19 bits per heavy atom. The van der Waals surface area contributed by atoms with E-state index in [1.54, 1.807) is 6.08 Å². The first-order chi connectivity index (χ1) is 15.1. The lowest BCUT2D eigenvalue weighted by molar-refractivity contribution is -0.117. The van der Waals surface area contributed by atoms with E-state index >= 15 is 0 Å². The highest BCUT2D eigenvalue weighted by Gasteiger charge is 2.14. The standard InChI is InChI=1S/C27H27N3O/c1-3-30(20-23-10-6-4-7-11-23)26-16-14-22(15-17-26)18-25(19-28)27(31)29-21(2)24-12-8-5-9-13-24/h4-18,21H,3,20H2,1-2H3,(H,29,31)/b25-18+/t21-/m1/s1. The Morgan fingerprint density at radius 1 is 1.00 bits per heavy atom. The SMILES string of the molecule is CCN(Cc1ccccc1)c1ccc(/C=C(\C#N)C(=O)N[C@H](C)c2ccccc2)cc1. The molecule has 0 aliphatic carbocycles. The van der Waals surface area contributed by atoms with Gasteiger partial charge in [0.05, 0.1) is 6.04 Å². The Morgan fingerprint density at radius 2 is 1.61 bits per heavy atom. The third-order valence-electron chi connectivity index (χ3n) is 5.18. The Kier molecular flexibility index (Phi) is 7.61. The van der Waals surface area contributed by atoms with Gasteiger partial charge in [0.15, 0.2) is 0 Å². The number of rotatable bonds is 8. The number of nitriles is 1. The minimum absolute atomic E-state index is 0.0900. The molecule has 1 N–H and O–H groups in total. The van der Waals surface area contributed by atoms with E-state index < -0.39 is 0 Å². The average Bonchev–Trinajstić information content (AvgIpc) is 2.82. The van der Waals surface area contributed by atoms with Gasteiger partial charge in [-0.2, -0.15) is 5.26 Å². The highest BCUT2D eigenvalue weighted by atomic mass is 16.1. The number of hydrogen-bond donors (Lipinski definition) is 1. The number of anilines is 1. The van der Waals surface area contributed by atoms with E-state index in [1.165, 1.54) is 5.56 Å². The highest BCUT2D eigenvalue weighted by Crippen LogP contribution is 2.20. The molecule has 0 saturated heterocycles. The van der Waals surface area contributed by atoms with Crippen LogP contribution in [0.25, 0.3) is 6.08 Å². The largest absolute Gasteiger partial charge is 0.367 e. The number of benzene rings is 3. The first kappa shape index (κ1) is 21.9. The van der Waals surface area contributed by atoms with Crippen molar-refractivity contribution in [1.29, 1.82) is 5.26 Å². The van der Waals surface area contributed by atoms with Crippen LogP contribution < -0.4 is 10.2 Å². The van der Waals surface area contributed by atoms with Gasteiger partial charge in [0.1, 0.15) is 11.6 Å². The Hall–Kier alpha value is -3.84. The lowest BCUT2D eigenvalue weighted by Gasteiger charge is -2.23. The number of carbonyl (C=O) groups excluding carboxylic acids is 1. The summed E-state index contributed by atoms with van der Waals surface area (Å²) in [5.41, 5.74) is 4.26. The molecule has 0 heterocycles. The summed E-state index contributed by atoms with van der Waals surface area (Å²) >= 11 is 0. The van der Waals surface area contributed by atoms with E-state index in [2.05, 4.69) is 29.3 Å². The van der Waals surface area contributed by atoms with Crippen molar-refractivity contribution in [3.05, 3.63) is 107 Å². The van der Waals surface area contributed by atoms with Crippen LogP contribution >= 0.6 is 0 Å². The monoisotopic (exact) mass is 409 g/mol. The van der Waals surface area contributed by atoms with Crippen molar-refractivity contribution in [1.82, 2.24) is 5.32 Å². The van der Waals surface area contributed by atoms with E-state index in [4.69, 9.17) is 0 Å². The van der Waals surface area contributed by atoms with Gasteiger partial charge >= 0.3 is 0 Å². The summed E-state index contributed by atoms with van der Waals surface area (Å²) in [5.74, 6) is -0.373. The van der Waals surface area contributed by atoms with Gasteiger partial charge < -0.3 is 10.2 Å². The molecule has 0 saturated carbocycles. The van der Waals surface area contributed by atoms with Gasteiger partial charge in [0.25, 0.3) is 5.91 Å². The van der Waals surface area contributed by atoms with Gasteiger partial charge in [-0.25, -0.2) is 0 Å².